The van der Waals surface area contributed by atoms with Gasteiger partial charge in [0.1, 0.15) is 6.04 Å². The SMILES string of the molecule is CCN(CC)C(=O)N1CCS[C@@H]1C(=O)N[C@@H](Cc1ccc(NC(=O)c2c(Cl)cccc2Cl)cc1)C(=O)O. The topological polar surface area (TPSA) is 119 Å². The van der Waals surface area contributed by atoms with E-state index in [1.54, 1.807) is 47.4 Å². The highest BCUT2D eigenvalue weighted by molar-refractivity contribution is 8.00. The molecule has 0 spiro atoms. The van der Waals surface area contributed by atoms with E-state index in [0.717, 1.165) is 0 Å². The molecular formula is C25H28Cl2N4O5S. The van der Waals surface area contributed by atoms with Crippen LogP contribution < -0.4 is 10.6 Å². The van der Waals surface area contributed by atoms with Gasteiger partial charge in [0.2, 0.25) is 0 Å². The largest absolute Gasteiger partial charge is 0.480 e. The number of carbonyl (C=O) groups excluding carboxylic acids is 3. The lowest BCUT2D eigenvalue weighted by atomic mass is 10.1. The van der Waals surface area contributed by atoms with Gasteiger partial charge in [0.15, 0.2) is 5.37 Å². The molecule has 4 amide bonds. The number of nitrogens with one attached hydrogen (secondary N) is 2. The van der Waals surface area contributed by atoms with Crippen LogP contribution in [0.3, 0.4) is 0 Å². The van der Waals surface area contributed by atoms with Gasteiger partial charge in [0.25, 0.3) is 11.8 Å². The first-order valence-corrected chi connectivity index (χ1v) is 13.5. The third-order valence-electron chi connectivity index (χ3n) is 5.85. The molecule has 3 rings (SSSR count). The summed E-state index contributed by atoms with van der Waals surface area (Å²) in [5.41, 5.74) is 1.26. The number of urea groups is 1. The fourth-order valence-corrected chi connectivity index (χ4v) is 5.56. The number of amides is 4. The van der Waals surface area contributed by atoms with Crippen molar-refractivity contribution in [1.29, 1.82) is 0 Å². The molecule has 0 aliphatic carbocycles. The molecule has 0 aromatic heterocycles. The van der Waals surface area contributed by atoms with Crippen LogP contribution in [0.25, 0.3) is 0 Å². The molecule has 2 atom stereocenters. The van der Waals surface area contributed by atoms with Crippen molar-refractivity contribution < 1.29 is 24.3 Å². The van der Waals surface area contributed by atoms with Crippen molar-refractivity contribution in [2.24, 2.45) is 0 Å². The molecule has 2 aromatic carbocycles. The molecule has 0 radical (unpaired) electrons. The first-order valence-electron chi connectivity index (χ1n) is 11.7. The van der Waals surface area contributed by atoms with Crippen LogP contribution in [-0.4, -0.2) is 75.5 Å². The number of carboxylic acid groups (broad SMARTS) is 1. The number of hydrogen-bond donors (Lipinski definition) is 3. The molecule has 3 N–H and O–H groups in total. The average Bonchev–Trinajstić information content (AvgIpc) is 3.35. The number of halogens is 2. The Kier molecular flexibility index (Phi) is 10.1. The molecule has 1 saturated heterocycles. The highest BCUT2D eigenvalue weighted by atomic mass is 35.5. The predicted molar refractivity (Wildman–Crippen MR) is 145 cm³/mol. The van der Waals surface area contributed by atoms with Crippen molar-refractivity contribution in [1.82, 2.24) is 15.1 Å². The molecule has 0 saturated carbocycles. The third kappa shape index (κ3) is 7.09. The number of carbonyl (C=O) groups is 4. The van der Waals surface area contributed by atoms with E-state index >= 15 is 0 Å². The van der Waals surface area contributed by atoms with Crippen LogP contribution in [0, 0.1) is 0 Å². The Bertz CT molecular complexity index is 1140. The first kappa shape index (κ1) is 28.6. The van der Waals surface area contributed by atoms with E-state index in [-0.39, 0.29) is 28.1 Å². The lowest BCUT2D eigenvalue weighted by Crippen LogP contribution is -2.53. The number of thioether (sulfide) groups is 1. The first-order chi connectivity index (χ1) is 17.7. The molecular weight excluding hydrogens is 539 g/mol. The summed E-state index contributed by atoms with van der Waals surface area (Å²) >= 11 is 13.5. The Morgan fingerprint density at radius 1 is 1.08 bits per heavy atom. The second-order valence-electron chi connectivity index (χ2n) is 8.22. The summed E-state index contributed by atoms with van der Waals surface area (Å²) in [5.74, 6) is -1.59. The maximum absolute atomic E-state index is 13.0. The van der Waals surface area contributed by atoms with Crippen LogP contribution >= 0.6 is 35.0 Å². The van der Waals surface area contributed by atoms with E-state index in [4.69, 9.17) is 23.2 Å². The monoisotopic (exact) mass is 566 g/mol. The van der Waals surface area contributed by atoms with E-state index in [1.165, 1.54) is 16.7 Å². The van der Waals surface area contributed by atoms with Gasteiger partial charge in [-0.25, -0.2) is 9.59 Å². The zero-order valence-corrected chi connectivity index (χ0v) is 22.7. The number of rotatable bonds is 9. The van der Waals surface area contributed by atoms with Gasteiger partial charge >= 0.3 is 12.0 Å². The van der Waals surface area contributed by atoms with E-state index in [1.807, 2.05) is 13.8 Å². The zero-order valence-electron chi connectivity index (χ0n) is 20.4. The molecule has 9 nitrogen and oxygen atoms in total. The van der Waals surface area contributed by atoms with E-state index in [9.17, 15) is 24.3 Å². The lowest BCUT2D eigenvalue weighted by Gasteiger charge is -2.29. The van der Waals surface area contributed by atoms with Crippen molar-refractivity contribution in [3.05, 3.63) is 63.6 Å². The van der Waals surface area contributed by atoms with Crippen LogP contribution in [0.1, 0.15) is 29.8 Å². The van der Waals surface area contributed by atoms with Crippen LogP contribution in [0.4, 0.5) is 10.5 Å². The fourth-order valence-electron chi connectivity index (χ4n) is 3.87. The maximum atomic E-state index is 13.0. The number of nitrogens with zero attached hydrogens (tertiary/aromatic N) is 2. The van der Waals surface area contributed by atoms with Gasteiger partial charge < -0.3 is 25.5 Å². The molecule has 198 valence electrons. The van der Waals surface area contributed by atoms with Crippen molar-refractivity contribution in [2.45, 2.75) is 31.7 Å². The minimum atomic E-state index is -1.19. The summed E-state index contributed by atoms with van der Waals surface area (Å²) in [6.45, 7) is 5.18. The van der Waals surface area contributed by atoms with Gasteiger partial charge in [0.05, 0.1) is 15.6 Å². The standard InChI is InChI=1S/C25H28Cl2N4O5S/c1-3-30(4-2)25(36)31-12-13-37-23(31)22(33)29-19(24(34)35)14-15-8-10-16(11-9-15)28-21(32)20-17(26)6-5-7-18(20)27/h5-11,19,23H,3-4,12-14H2,1-2H3,(H,28,32)(H,29,33)(H,34,35)/t19-,23+/m0/s1. The lowest BCUT2D eigenvalue weighted by molar-refractivity contribution is -0.142. The molecule has 0 bridgehead atoms. The van der Waals surface area contributed by atoms with Gasteiger partial charge in [-0.1, -0.05) is 41.4 Å². The molecule has 1 fully saturated rings. The van der Waals surface area contributed by atoms with Crippen LogP contribution in [-0.2, 0) is 16.0 Å². The van der Waals surface area contributed by atoms with Crippen molar-refractivity contribution in [2.75, 3.05) is 30.7 Å². The van der Waals surface area contributed by atoms with Gasteiger partial charge in [-0.2, -0.15) is 0 Å². The van der Waals surface area contributed by atoms with E-state index in [0.29, 0.717) is 36.6 Å². The third-order valence-corrected chi connectivity index (χ3v) is 7.68. The molecule has 1 heterocycles. The Morgan fingerprint density at radius 2 is 1.70 bits per heavy atom. The second-order valence-corrected chi connectivity index (χ2v) is 10.2. The molecule has 12 heteroatoms. The second kappa shape index (κ2) is 13.0. The Morgan fingerprint density at radius 3 is 2.27 bits per heavy atom. The maximum Gasteiger partial charge on any atom is 0.326 e. The Hall–Kier alpha value is -2.95. The van der Waals surface area contributed by atoms with Crippen LogP contribution in [0.5, 0.6) is 0 Å². The van der Waals surface area contributed by atoms with Crippen LogP contribution in [0.2, 0.25) is 10.0 Å². The highest BCUT2D eigenvalue weighted by Crippen LogP contribution is 2.27. The summed E-state index contributed by atoms with van der Waals surface area (Å²) in [7, 11) is 0. The molecule has 1 aliphatic heterocycles. The number of carboxylic acids is 1. The number of anilines is 1. The quantitative estimate of drug-likeness (QED) is 0.418. The van der Waals surface area contributed by atoms with Gasteiger partial charge in [-0.3, -0.25) is 9.59 Å². The minimum Gasteiger partial charge on any atom is -0.480 e. The van der Waals surface area contributed by atoms with Crippen molar-refractivity contribution in [3.63, 3.8) is 0 Å². The normalized spacial score (nSPS) is 15.7. The number of hydrogen-bond acceptors (Lipinski definition) is 5. The molecule has 37 heavy (non-hydrogen) atoms. The minimum absolute atomic E-state index is 0.0209. The van der Waals surface area contributed by atoms with Gasteiger partial charge in [-0.05, 0) is 43.7 Å². The fraction of sp³-hybridized carbons (Fsp3) is 0.360. The van der Waals surface area contributed by atoms with Gasteiger partial charge in [-0.15, -0.1) is 11.8 Å². The predicted octanol–water partition coefficient (Wildman–Crippen LogP) is 4.19. The van der Waals surface area contributed by atoms with Crippen molar-refractivity contribution in [3.8, 4) is 0 Å². The van der Waals surface area contributed by atoms with Crippen molar-refractivity contribution >= 4 is 64.5 Å². The number of aliphatic carboxylic acids is 1. The average molecular weight is 567 g/mol. The summed E-state index contributed by atoms with van der Waals surface area (Å²) in [6, 6.07) is 9.90. The zero-order chi connectivity index (χ0) is 27.1. The smallest absolute Gasteiger partial charge is 0.326 e. The molecule has 0 unspecified atom stereocenters. The molecule has 1 aliphatic rings. The Labute approximate surface area is 229 Å². The summed E-state index contributed by atoms with van der Waals surface area (Å²) in [4.78, 5) is 53.3. The summed E-state index contributed by atoms with van der Waals surface area (Å²) in [5, 5.41) is 14.7. The van der Waals surface area contributed by atoms with Crippen LogP contribution in [0.15, 0.2) is 42.5 Å². The summed E-state index contributed by atoms with van der Waals surface area (Å²) < 4.78 is 0. The highest BCUT2D eigenvalue weighted by Gasteiger charge is 2.38. The van der Waals surface area contributed by atoms with E-state index < -0.39 is 29.2 Å². The molecule has 2 aromatic rings. The summed E-state index contributed by atoms with van der Waals surface area (Å²) in [6.07, 6.45) is 0.0209. The number of benzene rings is 2. The Balaban J connectivity index is 1.64. The van der Waals surface area contributed by atoms with Gasteiger partial charge in [0, 0.05) is 37.5 Å². The van der Waals surface area contributed by atoms with E-state index in [2.05, 4.69) is 10.6 Å².